The minimum Gasteiger partial charge on any atom is -0.485 e. The molecule has 1 saturated heterocycles. The fourth-order valence-electron chi connectivity index (χ4n) is 4.89. The molecule has 0 spiro atoms. The first-order valence-corrected chi connectivity index (χ1v) is 13.9. The molecule has 1 aromatic carbocycles. The van der Waals surface area contributed by atoms with Gasteiger partial charge < -0.3 is 19.9 Å². The standard InChI is InChI=1S/C29H38N4O2S/c1-3-29(34)33(25-9-6-16-31-22-25)24-14-19-32(20-15-24)18-13-23-8-4-5-10-26(23)35-27(12-17-30-2)28-11-7-21-36-28/h4-11,16,21-22,24,27,30H,3,12-15,17-20H2,1-2H3. The summed E-state index contributed by atoms with van der Waals surface area (Å²) >= 11 is 1.75. The molecule has 0 aliphatic carbocycles. The summed E-state index contributed by atoms with van der Waals surface area (Å²) in [6.45, 7) is 5.81. The van der Waals surface area contributed by atoms with Gasteiger partial charge in [0.15, 0.2) is 0 Å². The number of hydrogen-bond acceptors (Lipinski definition) is 6. The molecule has 1 amide bonds. The van der Waals surface area contributed by atoms with Gasteiger partial charge in [0, 0.05) is 49.6 Å². The number of piperidine rings is 1. The van der Waals surface area contributed by atoms with E-state index in [-0.39, 0.29) is 18.1 Å². The van der Waals surface area contributed by atoms with Crippen LogP contribution < -0.4 is 15.0 Å². The van der Waals surface area contributed by atoms with Crippen LogP contribution in [0, 0.1) is 0 Å². The van der Waals surface area contributed by atoms with Crippen LogP contribution in [0.4, 0.5) is 5.69 Å². The van der Waals surface area contributed by atoms with E-state index >= 15 is 0 Å². The van der Waals surface area contributed by atoms with E-state index in [4.69, 9.17) is 4.74 Å². The van der Waals surface area contributed by atoms with Gasteiger partial charge in [-0.2, -0.15) is 0 Å². The molecule has 36 heavy (non-hydrogen) atoms. The van der Waals surface area contributed by atoms with Crippen molar-refractivity contribution in [2.45, 2.75) is 51.2 Å². The Morgan fingerprint density at radius 3 is 2.72 bits per heavy atom. The first kappa shape index (κ1) is 26.3. The maximum Gasteiger partial charge on any atom is 0.227 e. The van der Waals surface area contributed by atoms with Crippen molar-refractivity contribution in [3.63, 3.8) is 0 Å². The summed E-state index contributed by atoms with van der Waals surface area (Å²) in [5.41, 5.74) is 2.16. The SMILES string of the molecule is CCC(=O)N(c1cccnc1)C1CCN(CCc2ccccc2OC(CCNC)c2cccs2)CC1. The van der Waals surface area contributed by atoms with Crippen LogP contribution in [0.15, 0.2) is 66.3 Å². The molecule has 4 rings (SSSR count). The lowest BCUT2D eigenvalue weighted by atomic mass is 10.0. The Kier molecular flexibility index (Phi) is 9.90. The number of para-hydroxylation sites is 1. The number of benzene rings is 1. The van der Waals surface area contributed by atoms with Crippen LogP contribution in [0.1, 0.15) is 49.2 Å². The minimum atomic E-state index is 0.0592. The lowest BCUT2D eigenvalue weighted by molar-refractivity contribution is -0.119. The van der Waals surface area contributed by atoms with E-state index in [0.717, 1.165) is 63.3 Å². The van der Waals surface area contributed by atoms with Crippen LogP contribution in [0.2, 0.25) is 0 Å². The molecule has 1 atom stereocenters. The maximum absolute atomic E-state index is 12.7. The van der Waals surface area contributed by atoms with Gasteiger partial charge >= 0.3 is 0 Å². The molecule has 192 valence electrons. The molecule has 0 radical (unpaired) electrons. The molecule has 3 heterocycles. The summed E-state index contributed by atoms with van der Waals surface area (Å²) in [7, 11) is 1.98. The third kappa shape index (κ3) is 6.93. The molecule has 2 aromatic heterocycles. The third-order valence-corrected chi connectivity index (χ3v) is 7.84. The van der Waals surface area contributed by atoms with Gasteiger partial charge in [-0.1, -0.05) is 31.2 Å². The maximum atomic E-state index is 12.7. The second-order valence-corrected chi connectivity index (χ2v) is 10.3. The molecule has 3 aromatic rings. The highest BCUT2D eigenvalue weighted by Crippen LogP contribution is 2.31. The summed E-state index contributed by atoms with van der Waals surface area (Å²) < 4.78 is 6.57. The van der Waals surface area contributed by atoms with Crippen molar-refractivity contribution in [3.05, 3.63) is 76.7 Å². The number of ether oxygens (including phenoxy) is 1. The van der Waals surface area contributed by atoms with Crippen molar-refractivity contribution in [1.29, 1.82) is 0 Å². The predicted molar refractivity (Wildman–Crippen MR) is 148 cm³/mol. The van der Waals surface area contributed by atoms with Gasteiger partial charge in [0.1, 0.15) is 11.9 Å². The van der Waals surface area contributed by atoms with Gasteiger partial charge in [-0.15, -0.1) is 11.3 Å². The predicted octanol–water partition coefficient (Wildman–Crippen LogP) is 5.32. The topological polar surface area (TPSA) is 57.7 Å². The summed E-state index contributed by atoms with van der Waals surface area (Å²) in [5, 5.41) is 5.37. The van der Waals surface area contributed by atoms with Gasteiger partial charge in [0.25, 0.3) is 0 Å². The molecule has 7 heteroatoms. The Morgan fingerprint density at radius 1 is 1.19 bits per heavy atom. The van der Waals surface area contributed by atoms with Crippen LogP contribution in [-0.2, 0) is 11.2 Å². The summed E-state index contributed by atoms with van der Waals surface area (Å²) in [6.07, 6.45) is 7.96. The Labute approximate surface area is 219 Å². The number of aromatic nitrogens is 1. The fraction of sp³-hybridized carbons (Fsp3) is 0.448. The molecule has 1 aliphatic heterocycles. The lowest BCUT2D eigenvalue weighted by Crippen LogP contribution is -2.48. The lowest BCUT2D eigenvalue weighted by Gasteiger charge is -2.38. The van der Waals surface area contributed by atoms with E-state index in [1.54, 1.807) is 23.7 Å². The zero-order valence-electron chi connectivity index (χ0n) is 21.4. The van der Waals surface area contributed by atoms with Crippen molar-refractivity contribution in [2.24, 2.45) is 0 Å². The van der Waals surface area contributed by atoms with Gasteiger partial charge in [-0.25, -0.2) is 0 Å². The van der Waals surface area contributed by atoms with Crippen LogP contribution in [0.25, 0.3) is 0 Å². The number of nitrogens with zero attached hydrogens (tertiary/aromatic N) is 3. The number of anilines is 1. The minimum absolute atomic E-state index is 0.0592. The van der Waals surface area contributed by atoms with E-state index in [1.165, 1.54) is 10.4 Å². The number of pyridine rings is 1. The first-order valence-electron chi connectivity index (χ1n) is 13.1. The van der Waals surface area contributed by atoms with Gasteiger partial charge in [-0.05, 0) is 68.1 Å². The number of likely N-dealkylation sites (tertiary alicyclic amines) is 1. The van der Waals surface area contributed by atoms with E-state index in [0.29, 0.717) is 6.42 Å². The molecule has 1 N–H and O–H groups in total. The monoisotopic (exact) mass is 506 g/mol. The van der Waals surface area contributed by atoms with Crippen LogP contribution in [-0.4, -0.2) is 55.1 Å². The molecule has 1 fully saturated rings. The van der Waals surface area contributed by atoms with Crippen LogP contribution in [0.3, 0.4) is 0 Å². The van der Waals surface area contributed by atoms with Crippen molar-refractivity contribution in [2.75, 3.05) is 38.1 Å². The largest absolute Gasteiger partial charge is 0.485 e. The number of nitrogens with one attached hydrogen (secondary N) is 1. The zero-order chi connectivity index (χ0) is 25.2. The average Bonchev–Trinajstić information content (AvgIpc) is 3.47. The number of carbonyl (C=O) groups excluding carboxylic acids is 1. The van der Waals surface area contributed by atoms with Crippen LogP contribution in [0.5, 0.6) is 5.75 Å². The van der Waals surface area contributed by atoms with Crippen molar-refractivity contribution in [3.8, 4) is 5.75 Å². The van der Waals surface area contributed by atoms with E-state index in [1.807, 2.05) is 31.0 Å². The van der Waals surface area contributed by atoms with Crippen molar-refractivity contribution >= 4 is 22.9 Å². The quantitative estimate of drug-likeness (QED) is 0.360. The Balaban J connectivity index is 1.35. The van der Waals surface area contributed by atoms with E-state index < -0.39 is 0 Å². The van der Waals surface area contributed by atoms with Gasteiger partial charge in [0.05, 0.1) is 11.9 Å². The Morgan fingerprint density at radius 2 is 2.03 bits per heavy atom. The number of hydrogen-bond donors (Lipinski definition) is 1. The molecular formula is C29H38N4O2S. The molecule has 6 nitrogen and oxygen atoms in total. The van der Waals surface area contributed by atoms with Crippen molar-refractivity contribution < 1.29 is 9.53 Å². The zero-order valence-corrected chi connectivity index (χ0v) is 22.3. The Hall–Kier alpha value is -2.74. The number of carbonyl (C=O) groups is 1. The smallest absolute Gasteiger partial charge is 0.227 e. The van der Waals surface area contributed by atoms with E-state index in [9.17, 15) is 4.79 Å². The highest BCUT2D eigenvalue weighted by Gasteiger charge is 2.28. The molecular weight excluding hydrogens is 468 g/mol. The second kappa shape index (κ2) is 13.5. The Bertz CT molecular complexity index is 1050. The number of thiophene rings is 1. The van der Waals surface area contributed by atoms with Gasteiger partial charge in [0.2, 0.25) is 5.91 Å². The molecule has 0 bridgehead atoms. The summed E-state index contributed by atoms with van der Waals surface area (Å²) in [5.74, 6) is 1.16. The van der Waals surface area contributed by atoms with Gasteiger partial charge in [-0.3, -0.25) is 9.78 Å². The van der Waals surface area contributed by atoms with Crippen LogP contribution >= 0.6 is 11.3 Å². The highest BCUT2D eigenvalue weighted by atomic mass is 32.1. The molecule has 0 saturated carbocycles. The van der Waals surface area contributed by atoms with E-state index in [2.05, 4.69) is 57.0 Å². The third-order valence-electron chi connectivity index (χ3n) is 6.87. The fourth-order valence-corrected chi connectivity index (χ4v) is 5.68. The molecule has 1 unspecified atom stereocenters. The summed E-state index contributed by atoms with van der Waals surface area (Å²) in [4.78, 5) is 22.7. The summed E-state index contributed by atoms with van der Waals surface area (Å²) in [6, 6.07) is 16.8. The number of amides is 1. The van der Waals surface area contributed by atoms with Crippen molar-refractivity contribution in [1.82, 2.24) is 15.2 Å². The second-order valence-electron chi connectivity index (χ2n) is 9.27. The normalized spacial score (nSPS) is 15.5. The average molecular weight is 507 g/mol. The highest BCUT2D eigenvalue weighted by molar-refractivity contribution is 7.10. The molecule has 1 aliphatic rings. The number of rotatable bonds is 12. The first-order chi connectivity index (χ1) is 17.7.